The zero-order valence-corrected chi connectivity index (χ0v) is 17.0. The van der Waals surface area contributed by atoms with Gasteiger partial charge in [0.15, 0.2) is 5.96 Å². The summed E-state index contributed by atoms with van der Waals surface area (Å²) in [7, 11) is 1.74. The first kappa shape index (κ1) is 22.7. The molecule has 1 aromatic carbocycles. The van der Waals surface area contributed by atoms with E-state index in [4.69, 9.17) is 0 Å². The molecule has 1 rings (SSSR count). The van der Waals surface area contributed by atoms with Gasteiger partial charge in [0.25, 0.3) is 5.69 Å². The average molecular weight is 379 g/mol. The van der Waals surface area contributed by atoms with Gasteiger partial charge in [-0.3, -0.25) is 15.1 Å². The van der Waals surface area contributed by atoms with E-state index in [1.54, 1.807) is 25.2 Å². The number of hydrogen-bond acceptors (Lipinski definition) is 5. The number of hydrogen-bond donors (Lipinski definition) is 3. The molecule has 152 valence electrons. The highest BCUT2D eigenvalue weighted by Gasteiger charge is 2.11. The van der Waals surface area contributed by atoms with Crippen molar-refractivity contribution in [1.82, 2.24) is 15.5 Å². The molecule has 27 heavy (non-hydrogen) atoms. The minimum atomic E-state index is -0.379. The number of anilines is 1. The molecular formula is C19H34N6O2. The second kappa shape index (κ2) is 12.9. The van der Waals surface area contributed by atoms with Crippen LogP contribution in [0.4, 0.5) is 11.4 Å². The first-order chi connectivity index (χ1) is 13.0. The van der Waals surface area contributed by atoms with Crippen LogP contribution in [0.15, 0.2) is 29.3 Å². The third-order valence-electron chi connectivity index (χ3n) is 4.45. The number of guanidine groups is 1. The number of nitrogens with one attached hydrogen (secondary N) is 3. The van der Waals surface area contributed by atoms with Crippen LogP contribution in [-0.4, -0.2) is 61.6 Å². The number of rotatable bonds is 12. The fourth-order valence-electron chi connectivity index (χ4n) is 2.82. The summed E-state index contributed by atoms with van der Waals surface area (Å²) < 4.78 is 0. The lowest BCUT2D eigenvalue weighted by atomic mass is 10.2. The van der Waals surface area contributed by atoms with Gasteiger partial charge in [-0.1, -0.05) is 26.0 Å². The Bertz CT molecular complexity index is 589. The smallest absolute Gasteiger partial charge is 0.292 e. The minimum Gasteiger partial charge on any atom is -0.378 e. The van der Waals surface area contributed by atoms with Crippen LogP contribution in [0.2, 0.25) is 0 Å². The molecule has 0 aliphatic rings. The summed E-state index contributed by atoms with van der Waals surface area (Å²) in [5.41, 5.74) is 0.610. The second-order valence-electron chi connectivity index (χ2n) is 6.41. The van der Waals surface area contributed by atoms with Crippen molar-refractivity contribution in [2.75, 3.05) is 45.1 Å². The van der Waals surface area contributed by atoms with Gasteiger partial charge in [-0.05, 0) is 45.5 Å². The van der Waals surface area contributed by atoms with Crippen molar-refractivity contribution in [2.24, 2.45) is 4.99 Å². The van der Waals surface area contributed by atoms with Crippen molar-refractivity contribution in [1.29, 1.82) is 0 Å². The quantitative estimate of drug-likeness (QED) is 0.170. The highest BCUT2D eigenvalue weighted by atomic mass is 16.6. The lowest BCUT2D eigenvalue weighted by molar-refractivity contribution is -0.384. The highest BCUT2D eigenvalue weighted by Crippen LogP contribution is 2.22. The molecule has 0 heterocycles. The number of nitro benzene ring substituents is 1. The van der Waals surface area contributed by atoms with Crippen LogP contribution in [0.1, 0.15) is 33.6 Å². The van der Waals surface area contributed by atoms with E-state index in [1.807, 2.05) is 0 Å². The Hall–Kier alpha value is -2.35. The lowest BCUT2D eigenvalue weighted by Gasteiger charge is -2.21. The molecule has 0 amide bonds. The normalized spacial score (nSPS) is 12.7. The molecule has 1 atom stereocenters. The number of benzene rings is 1. The molecular weight excluding hydrogens is 344 g/mol. The molecule has 0 radical (unpaired) electrons. The Kier molecular flexibility index (Phi) is 10.9. The van der Waals surface area contributed by atoms with Crippen LogP contribution in [0.5, 0.6) is 0 Å². The Morgan fingerprint density at radius 2 is 1.96 bits per heavy atom. The first-order valence-corrected chi connectivity index (χ1v) is 9.68. The molecule has 8 nitrogen and oxygen atoms in total. The molecule has 0 saturated carbocycles. The molecule has 0 spiro atoms. The van der Waals surface area contributed by atoms with Gasteiger partial charge < -0.3 is 20.9 Å². The van der Waals surface area contributed by atoms with Gasteiger partial charge in [0.2, 0.25) is 0 Å². The standard InChI is InChI=1S/C19H34N6O2/c1-5-24(6-2)15-9-10-16(3)23-19(20-4)22-14-13-21-17-11-7-8-12-18(17)25(26)27/h7-8,11-12,16,21H,5-6,9-10,13-15H2,1-4H3,(H2,20,22,23). The Morgan fingerprint density at radius 3 is 2.59 bits per heavy atom. The monoisotopic (exact) mass is 378 g/mol. The van der Waals surface area contributed by atoms with Crippen LogP contribution in [0.25, 0.3) is 0 Å². The largest absolute Gasteiger partial charge is 0.378 e. The fraction of sp³-hybridized carbons (Fsp3) is 0.632. The fourth-order valence-corrected chi connectivity index (χ4v) is 2.82. The van der Waals surface area contributed by atoms with Gasteiger partial charge in [0.1, 0.15) is 5.69 Å². The highest BCUT2D eigenvalue weighted by molar-refractivity contribution is 5.79. The molecule has 0 aromatic heterocycles. The van der Waals surface area contributed by atoms with E-state index in [1.165, 1.54) is 6.07 Å². The summed E-state index contributed by atoms with van der Waals surface area (Å²) in [5.74, 6) is 0.745. The van der Waals surface area contributed by atoms with Crippen molar-refractivity contribution in [3.63, 3.8) is 0 Å². The maximum Gasteiger partial charge on any atom is 0.292 e. The van der Waals surface area contributed by atoms with Gasteiger partial charge in [-0.25, -0.2) is 0 Å². The number of aliphatic imine (C=N–C) groups is 1. The predicted octanol–water partition coefficient (Wildman–Crippen LogP) is 2.68. The van der Waals surface area contributed by atoms with Gasteiger partial charge >= 0.3 is 0 Å². The molecule has 1 aromatic rings. The van der Waals surface area contributed by atoms with Crippen molar-refractivity contribution >= 4 is 17.3 Å². The minimum absolute atomic E-state index is 0.0850. The molecule has 0 fully saturated rings. The number of nitro groups is 1. The van der Waals surface area contributed by atoms with Crippen LogP contribution in [0, 0.1) is 10.1 Å². The van der Waals surface area contributed by atoms with E-state index >= 15 is 0 Å². The number of para-hydroxylation sites is 2. The zero-order chi connectivity index (χ0) is 20.1. The van der Waals surface area contributed by atoms with Gasteiger partial charge in [0.05, 0.1) is 4.92 Å². The Morgan fingerprint density at radius 1 is 1.26 bits per heavy atom. The third-order valence-corrected chi connectivity index (χ3v) is 4.45. The van der Waals surface area contributed by atoms with Gasteiger partial charge in [0, 0.05) is 32.2 Å². The third kappa shape index (κ3) is 8.72. The molecule has 1 unspecified atom stereocenters. The second-order valence-corrected chi connectivity index (χ2v) is 6.41. The molecule has 0 aliphatic carbocycles. The summed E-state index contributed by atoms with van der Waals surface area (Å²) >= 11 is 0. The Balaban J connectivity index is 2.31. The summed E-state index contributed by atoms with van der Waals surface area (Å²) in [6, 6.07) is 6.98. The zero-order valence-electron chi connectivity index (χ0n) is 17.0. The van der Waals surface area contributed by atoms with Gasteiger partial charge in [-0.15, -0.1) is 0 Å². The first-order valence-electron chi connectivity index (χ1n) is 9.68. The summed E-state index contributed by atoms with van der Waals surface area (Å²) in [6.45, 7) is 11.0. The lowest BCUT2D eigenvalue weighted by Crippen LogP contribution is -2.43. The summed E-state index contributed by atoms with van der Waals surface area (Å²) in [6.07, 6.45) is 2.22. The SMILES string of the molecule is CCN(CC)CCCC(C)NC(=NC)NCCNc1ccccc1[N+](=O)[O-]. The van der Waals surface area contributed by atoms with E-state index < -0.39 is 0 Å². The van der Waals surface area contributed by atoms with E-state index in [2.05, 4.69) is 46.6 Å². The molecule has 8 heteroatoms. The summed E-state index contributed by atoms with van der Waals surface area (Å²) in [5, 5.41) is 20.7. The molecule has 0 saturated heterocycles. The molecule has 3 N–H and O–H groups in total. The van der Waals surface area contributed by atoms with E-state index in [9.17, 15) is 10.1 Å². The van der Waals surface area contributed by atoms with Crippen molar-refractivity contribution in [2.45, 2.75) is 39.7 Å². The van der Waals surface area contributed by atoms with E-state index in [0.717, 1.165) is 38.4 Å². The average Bonchev–Trinajstić information content (AvgIpc) is 2.67. The Labute approximate surface area is 162 Å². The van der Waals surface area contributed by atoms with E-state index in [-0.39, 0.29) is 10.6 Å². The van der Waals surface area contributed by atoms with Crippen molar-refractivity contribution in [3.8, 4) is 0 Å². The maximum absolute atomic E-state index is 11.0. The van der Waals surface area contributed by atoms with Crippen LogP contribution >= 0.6 is 0 Å². The van der Waals surface area contributed by atoms with Gasteiger partial charge in [-0.2, -0.15) is 0 Å². The molecule has 0 aliphatic heterocycles. The van der Waals surface area contributed by atoms with Crippen molar-refractivity contribution < 1.29 is 4.92 Å². The predicted molar refractivity (Wildman–Crippen MR) is 113 cm³/mol. The maximum atomic E-state index is 11.0. The molecule has 0 bridgehead atoms. The van der Waals surface area contributed by atoms with Crippen LogP contribution in [-0.2, 0) is 0 Å². The topological polar surface area (TPSA) is 94.8 Å². The van der Waals surface area contributed by atoms with Crippen LogP contribution in [0.3, 0.4) is 0 Å². The van der Waals surface area contributed by atoms with Crippen molar-refractivity contribution in [3.05, 3.63) is 34.4 Å². The number of nitrogens with zero attached hydrogens (tertiary/aromatic N) is 3. The summed E-state index contributed by atoms with van der Waals surface area (Å²) in [4.78, 5) is 17.3. The van der Waals surface area contributed by atoms with Crippen LogP contribution < -0.4 is 16.0 Å². The van der Waals surface area contributed by atoms with E-state index in [0.29, 0.717) is 24.8 Å².